The van der Waals surface area contributed by atoms with Gasteiger partial charge in [-0.2, -0.15) is 0 Å². The topological polar surface area (TPSA) is 58.9 Å². The Morgan fingerprint density at radius 1 is 1.29 bits per heavy atom. The van der Waals surface area contributed by atoms with E-state index in [2.05, 4.69) is 43.9 Å². The average molecular weight is 347 g/mol. The van der Waals surface area contributed by atoms with Crippen LogP contribution in [0.25, 0.3) is 0 Å². The molecule has 0 spiro atoms. The largest absolute Gasteiger partial charge is 0.317 e. The van der Waals surface area contributed by atoms with Crippen LogP contribution in [0.2, 0.25) is 0 Å². The molecule has 2 aliphatic rings. The third kappa shape index (κ3) is 3.53. The molecular formula is C17H26N6S. The van der Waals surface area contributed by atoms with E-state index in [1.54, 1.807) is 11.3 Å². The van der Waals surface area contributed by atoms with Crippen LogP contribution in [0.3, 0.4) is 0 Å². The highest BCUT2D eigenvalue weighted by Gasteiger charge is 2.30. The smallest absolute Gasteiger partial charge is 0.146 e. The van der Waals surface area contributed by atoms with Crippen LogP contribution in [0, 0.1) is 12.8 Å². The Balaban J connectivity index is 1.49. The third-order valence-corrected chi connectivity index (χ3v) is 6.12. The van der Waals surface area contributed by atoms with Crippen molar-refractivity contribution in [2.75, 3.05) is 19.6 Å². The van der Waals surface area contributed by atoms with Gasteiger partial charge in [0, 0.05) is 30.9 Å². The fraction of sp³-hybridized carbons (Fsp3) is 0.706. The molecule has 3 heterocycles. The Morgan fingerprint density at radius 2 is 2.17 bits per heavy atom. The number of hydrogen-bond acceptors (Lipinski definition) is 6. The van der Waals surface area contributed by atoms with Crippen LogP contribution in [0.1, 0.15) is 47.4 Å². The van der Waals surface area contributed by atoms with Crippen LogP contribution < -0.4 is 5.32 Å². The number of rotatable bonds is 7. The maximum absolute atomic E-state index is 4.49. The first-order valence-electron chi connectivity index (χ1n) is 8.91. The molecule has 1 N–H and O–H groups in total. The Bertz CT molecular complexity index is 683. The van der Waals surface area contributed by atoms with Crippen molar-refractivity contribution < 1.29 is 0 Å². The Labute approximate surface area is 147 Å². The molecule has 6 nitrogen and oxygen atoms in total. The molecule has 4 rings (SSSR count). The maximum Gasteiger partial charge on any atom is 0.146 e. The van der Waals surface area contributed by atoms with Gasteiger partial charge in [-0.1, -0.05) is 0 Å². The van der Waals surface area contributed by atoms with E-state index in [1.807, 2.05) is 5.51 Å². The number of thiazole rings is 1. The van der Waals surface area contributed by atoms with E-state index in [9.17, 15) is 0 Å². The van der Waals surface area contributed by atoms with E-state index in [4.69, 9.17) is 0 Å². The number of nitrogens with one attached hydrogen (secondary N) is 1. The van der Waals surface area contributed by atoms with Gasteiger partial charge in [-0.3, -0.25) is 4.90 Å². The summed E-state index contributed by atoms with van der Waals surface area (Å²) >= 11 is 1.76. The molecule has 1 saturated carbocycles. The minimum atomic E-state index is 0.646. The molecule has 2 aromatic heterocycles. The number of aromatic nitrogens is 4. The molecule has 1 aliphatic heterocycles. The van der Waals surface area contributed by atoms with Crippen molar-refractivity contribution in [3.05, 3.63) is 27.7 Å². The second-order valence-corrected chi connectivity index (χ2v) is 8.14. The number of nitrogens with zero attached hydrogens (tertiary/aromatic N) is 5. The lowest BCUT2D eigenvalue weighted by Crippen LogP contribution is -2.31. The lowest BCUT2D eigenvalue weighted by molar-refractivity contribution is 0.214. The summed E-state index contributed by atoms with van der Waals surface area (Å²) in [7, 11) is 2.12. The second kappa shape index (κ2) is 6.90. The summed E-state index contributed by atoms with van der Waals surface area (Å²) in [6.07, 6.45) is 3.80. The molecule has 0 amide bonds. The van der Waals surface area contributed by atoms with E-state index >= 15 is 0 Å². The Morgan fingerprint density at radius 3 is 2.83 bits per heavy atom. The number of aryl methyl sites for hydroxylation is 1. The average Bonchev–Trinajstić information content (AvgIpc) is 2.94. The quantitative estimate of drug-likeness (QED) is 0.832. The first-order chi connectivity index (χ1) is 11.7. The highest BCUT2D eigenvalue weighted by molar-refractivity contribution is 7.09. The van der Waals surface area contributed by atoms with E-state index in [0.29, 0.717) is 5.92 Å². The van der Waals surface area contributed by atoms with E-state index in [0.717, 1.165) is 50.2 Å². The van der Waals surface area contributed by atoms with E-state index in [-0.39, 0.29) is 0 Å². The molecule has 2 fully saturated rings. The van der Waals surface area contributed by atoms with Gasteiger partial charge in [0.05, 0.1) is 17.7 Å². The van der Waals surface area contributed by atoms with Gasteiger partial charge < -0.3 is 9.88 Å². The second-order valence-electron chi connectivity index (χ2n) is 7.20. The summed E-state index contributed by atoms with van der Waals surface area (Å²) in [6, 6.07) is 0. The lowest BCUT2D eigenvalue weighted by atomic mass is 10.1. The molecule has 2 aromatic rings. The highest BCUT2D eigenvalue weighted by atomic mass is 32.1. The van der Waals surface area contributed by atoms with Crippen LogP contribution in [0.4, 0.5) is 0 Å². The molecule has 0 aromatic carbocycles. The SMILES string of the molecule is Cc1ncsc1CN(Cc1nnc(C2CC2)n1C)CC1CCNC1. The fourth-order valence-electron chi connectivity index (χ4n) is 3.51. The summed E-state index contributed by atoms with van der Waals surface area (Å²) in [6.45, 7) is 7.31. The fourth-order valence-corrected chi connectivity index (χ4v) is 4.33. The van der Waals surface area contributed by atoms with Crippen molar-refractivity contribution in [2.45, 2.75) is 45.2 Å². The zero-order chi connectivity index (χ0) is 16.5. The molecule has 7 heteroatoms. The molecule has 1 aliphatic carbocycles. The molecule has 24 heavy (non-hydrogen) atoms. The van der Waals surface area contributed by atoms with Crippen LogP contribution in [0.15, 0.2) is 5.51 Å². The molecule has 0 bridgehead atoms. The Kier molecular flexibility index (Phi) is 4.65. The van der Waals surface area contributed by atoms with Gasteiger partial charge in [0.2, 0.25) is 0 Å². The summed E-state index contributed by atoms with van der Waals surface area (Å²) in [5.41, 5.74) is 3.11. The molecular weight excluding hydrogens is 320 g/mol. The van der Waals surface area contributed by atoms with Crippen LogP contribution in [0.5, 0.6) is 0 Å². The first kappa shape index (κ1) is 16.2. The molecule has 130 valence electrons. The minimum absolute atomic E-state index is 0.646. The van der Waals surface area contributed by atoms with Crippen LogP contribution in [-0.2, 0) is 20.1 Å². The van der Waals surface area contributed by atoms with Crippen LogP contribution >= 0.6 is 11.3 Å². The van der Waals surface area contributed by atoms with Gasteiger partial charge in [0.1, 0.15) is 11.6 Å². The number of hydrogen-bond donors (Lipinski definition) is 1. The lowest BCUT2D eigenvalue weighted by Gasteiger charge is -2.24. The monoisotopic (exact) mass is 346 g/mol. The zero-order valence-corrected chi connectivity index (χ0v) is 15.3. The van der Waals surface area contributed by atoms with Crippen LogP contribution in [-0.4, -0.2) is 44.3 Å². The van der Waals surface area contributed by atoms with Crippen molar-refractivity contribution in [2.24, 2.45) is 13.0 Å². The van der Waals surface area contributed by atoms with Gasteiger partial charge in [-0.25, -0.2) is 4.98 Å². The molecule has 1 saturated heterocycles. The maximum atomic E-state index is 4.49. The van der Waals surface area contributed by atoms with E-state index in [1.165, 1.54) is 30.0 Å². The van der Waals surface area contributed by atoms with Gasteiger partial charge >= 0.3 is 0 Å². The predicted molar refractivity (Wildman–Crippen MR) is 94.9 cm³/mol. The van der Waals surface area contributed by atoms with Gasteiger partial charge in [0.25, 0.3) is 0 Å². The minimum Gasteiger partial charge on any atom is -0.317 e. The highest BCUT2D eigenvalue weighted by Crippen LogP contribution is 2.38. The zero-order valence-electron chi connectivity index (χ0n) is 14.5. The van der Waals surface area contributed by atoms with Crippen molar-refractivity contribution in [1.82, 2.24) is 30.0 Å². The molecule has 0 radical (unpaired) electrons. The first-order valence-corrected chi connectivity index (χ1v) is 9.79. The summed E-state index contributed by atoms with van der Waals surface area (Å²) in [5.74, 6) is 3.63. The predicted octanol–water partition coefficient (Wildman–Crippen LogP) is 2.07. The van der Waals surface area contributed by atoms with Crippen molar-refractivity contribution >= 4 is 11.3 Å². The van der Waals surface area contributed by atoms with Gasteiger partial charge in [-0.05, 0) is 45.2 Å². The molecule has 1 atom stereocenters. The van der Waals surface area contributed by atoms with Crippen molar-refractivity contribution in [3.63, 3.8) is 0 Å². The van der Waals surface area contributed by atoms with Gasteiger partial charge in [0.15, 0.2) is 0 Å². The third-order valence-electron chi connectivity index (χ3n) is 5.20. The Hall–Kier alpha value is -1.31. The standard InChI is InChI=1S/C17H26N6S/c1-12-15(24-11-19-12)9-23(8-13-5-6-18-7-13)10-16-20-21-17(22(16)2)14-3-4-14/h11,13-14,18H,3-10H2,1-2H3. The van der Waals surface area contributed by atoms with Gasteiger partial charge in [-0.15, -0.1) is 21.5 Å². The van der Waals surface area contributed by atoms with E-state index < -0.39 is 0 Å². The molecule has 1 unspecified atom stereocenters. The van der Waals surface area contributed by atoms with Crippen molar-refractivity contribution in [1.29, 1.82) is 0 Å². The van der Waals surface area contributed by atoms with Crippen molar-refractivity contribution in [3.8, 4) is 0 Å². The normalized spacial score (nSPS) is 21.0. The summed E-state index contributed by atoms with van der Waals surface area (Å²) in [4.78, 5) is 8.30. The summed E-state index contributed by atoms with van der Waals surface area (Å²) in [5, 5.41) is 12.4. The summed E-state index contributed by atoms with van der Waals surface area (Å²) < 4.78 is 2.22.